The molecule has 3 rings (SSSR count). The van der Waals surface area contributed by atoms with E-state index in [4.69, 9.17) is 0 Å². The van der Waals surface area contributed by atoms with Crippen molar-refractivity contribution in [1.29, 1.82) is 0 Å². The van der Waals surface area contributed by atoms with E-state index in [0.29, 0.717) is 38.3 Å². The number of carbonyl (C=O) groups excluding carboxylic acids is 2. The van der Waals surface area contributed by atoms with E-state index < -0.39 is 6.36 Å². The third-order valence-electron chi connectivity index (χ3n) is 4.72. The van der Waals surface area contributed by atoms with Crippen LogP contribution >= 0.6 is 0 Å². The van der Waals surface area contributed by atoms with Gasteiger partial charge in [0.05, 0.1) is 6.54 Å². The van der Waals surface area contributed by atoms with E-state index in [1.54, 1.807) is 41.3 Å². The summed E-state index contributed by atoms with van der Waals surface area (Å²) in [5, 5.41) is 2.63. The van der Waals surface area contributed by atoms with Gasteiger partial charge in [-0.05, 0) is 29.8 Å². The number of ether oxygens (including phenoxy) is 1. The Balaban J connectivity index is 1.41. The van der Waals surface area contributed by atoms with Gasteiger partial charge in [0.1, 0.15) is 5.75 Å². The first-order valence-corrected chi connectivity index (χ1v) is 9.48. The molecule has 1 aliphatic rings. The zero-order valence-corrected chi connectivity index (χ0v) is 16.2. The molecule has 2 aromatic rings. The second-order valence-electron chi connectivity index (χ2n) is 6.90. The van der Waals surface area contributed by atoms with E-state index >= 15 is 0 Å². The van der Waals surface area contributed by atoms with Gasteiger partial charge in [-0.2, -0.15) is 0 Å². The molecule has 0 aliphatic carbocycles. The quantitative estimate of drug-likeness (QED) is 0.779. The Morgan fingerprint density at radius 2 is 1.57 bits per heavy atom. The monoisotopic (exact) mass is 421 g/mol. The fourth-order valence-corrected chi connectivity index (χ4v) is 3.17. The van der Waals surface area contributed by atoms with E-state index in [1.807, 2.05) is 6.07 Å². The molecule has 0 radical (unpaired) electrons. The Morgan fingerprint density at radius 3 is 2.17 bits per heavy atom. The molecule has 6 nitrogen and oxygen atoms in total. The minimum atomic E-state index is -4.70. The molecule has 0 saturated carbocycles. The zero-order valence-electron chi connectivity index (χ0n) is 16.2. The summed E-state index contributed by atoms with van der Waals surface area (Å²) in [5.41, 5.74) is 1.36. The van der Waals surface area contributed by atoms with Gasteiger partial charge in [0.15, 0.2) is 0 Å². The SMILES string of the molecule is O=C(NCC(=O)N1CCN(Cc2ccc(OC(F)(F)F)cc2)CC1)c1ccccc1. The molecule has 1 aliphatic heterocycles. The highest BCUT2D eigenvalue weighted by Gasteiger charge is 2.31. The number of halogens is 3. The van der Waals surface area contributed by atoms with E-state index in [0.717, 1.165) is 5.56 Å². The van der Waals surface area contributed by atoms with Crippen molar-refractivity contribution in [2.75, 3.05) is 32.7 Å². The number of alkyl halides is 3. The molecule has 1 heterocycles. The van der Waals surface area contributed by atoms with Crippen molar-refractivity contribution >= 4 is 11.8 Å². The molecule has 1 saturated heterocycles. The fourth-order valence-electron chi connectivity index (χ4n) is 3.17. The van der Waals surface area contributed by atoms with E-state index in [-0.39, 0.29) is 24.1 Å². The third kappa shape index (κ3) is 6.48. The van der Waals surface area contributed by atoms with Gasteiger partial charge in [0.2, 0.25) is 5.91 Å². The number of carbonyl (C=O) groups is 2. The average Bonchev–Trinajstić information content (AvgIpc) is 2.73. The summed E-state index contributed by atoms with van der Waals surface area (Å²) in [6.45, 7) is 2.83. The fraction of sp³-hybridized carbons (Fsp3) is 0.333. The van der Waals surface area contributed by atoms with Crippen LogP contribution in [0.15, 0.2) is 54.6 Å². The molecule has 1 N–H and O–H groups in total. The first kappa shape index (κ1) is 21.6. The molecule has 0 atom stereocenters. The van der Waals surface area contributed by atoms with E-state index in [1.165, 1.54) is 12.1 Å². The number of benzene rings is 2. The van der Waals surface area contributed by atoms with E-state index in [2.05, 4.69) is 15.0 Å². The number of nitrogens with zero attached hydrogens (tertiary/aromatic N) is 2. The van der Waals surface area contributed by atoms with Gasteiger partial charge in [0, 0.05) is 38.3 Å². The standard InChI is InChI=1S/C21H22F3N3O3/c22-21(23,24)30-18-8-6-16(7-9-18)15-26-10-12-27(13-11-26)19(28)14-25-20(29)17-4-2-1-3-5-17/h1-9H,10-15H2,(H,25,29). The van der Waals surface area contributed by atoms with Crippen LogP contribution in [-0.4, -0.2) is 60.7 Å². The lowest BCUT2D eigenvalue weighted by Gasteiger charge is -2.34. The lowest BCUT2D eigenvalue weighted by atomic mass is 10.2. The second-order valence-corrected chi connectivity index (χ2v) is 6.90. The summed E-state index contributed by atoms with van der Waals surface area (Å²) >= 11 is 0. The van der Waals surface area contributed by atoms with Gasteiger partial charge in [-0.1, -0.05) is 30.3 Å². The van der Waals surface area contributed by atoms with Crippen LogP contribution in [0.4, 0.5) is 13.2 Å². The van der Waals surface area contributed by atoms with Crippen molar-refractivity contribution in [3.05, 3.63) is 65.7 Å². The summed E-state index contributed by atoms with van der Waals surface area (Å²) in [6, 6.07) is 14.5. The summed E-state index contributed by atoms with van der Waals surface area (Å²) in [4.78, 5) is 28.2. The molecule has 0 bridgehead atoms. The van der Waals surface area contributed by atoms with Gasteiger partial charge >= 0.3 is 6.36 Å². The van der Waals surface area contributed by atoms with Crippen molar-refractivity contribution in [2.45, 2.75) is 12.9 Å². The van der Waals surface area contributed by atoms with Crippen LogP contribution in [-0.2, 0) is 11.3 Å². The molecule has 30 heavy (non-hydrogen) atoms. The maximum atomic E-state index is 12.3. The summed E-state index contributed by atoms with van der Waals surface area (Å²) in [7, 11) is 0. The van der Waals surface area contributed by atoms with Crippen LogP contribution in [0.2, 0.25) is 0 Å². The summed E-state index contributed by atoms with van der Waals surface area (Å²) < 4.78 is 40.5. The minimum Gasteiger partial charge on any atom is -0.406 e. The van der Waals surface area contributed by atoms with Gasteiger partial charge in [0.25, 0.3) is 5.91 Å². The largest absolute Gasteiger partial charge is 0.573 e. The zero-order chi connectivity index (χ0) is 21.6. The molecular weight excluding hydrogens is 399 g/mol. The Hall–Kier alpha value is -3.07. The lowest BCUT2D eigenvalue weighted by Crippen LogP contribution is -2.50. The Bertz CT molecular complexity index is 849. The number of amides is 2. The molecule has 2 amide bonds. The molecule has 0 spiro atoms. The Labute approximate surface area is 172 Å². The summed E-state index contributed by atoms with van der Waals surface area (Å²) in [6.07, 6.45) is -4.70. The van der Waals surface area contributed by atoms with Crippen LogP contribution in [0.1, 0.15) is 15.9 Å². The number of nitrogens with one attached hydrogen (secondary N) is 1. The van der Waals surface area contributed by atoms with Gasteiger partial charge in [-0.3, -0.25) is 14.5 Å². The number of hydrogen-bond donors (Lipinski definition) is 1. The number of hydrogen-bond acceptors (Lipinski definition) is 4. The van der Waals surface area contributed by atoms with Crippen molar-refractivity contribution in [2.24, 2.45) is 0 Å². The van der Waals surface area contributed by atoms with Crippen LogP contribution in [0.25, 0.3) is 0 Å². The van der Waals surface area contributed by atoms with Crippen molar-refractivity contribution in [1.82, 2.24) is 15.1 Å². The molecule has 0 aromatic heterocycles. The van der Waals surface area contributed by atoms with Gasteiger partial charge in [-0.25, -0.2) is 0 Å². The maximum Gasteiger partial charge on any atom is 0.573 e. The lowest BCUT2D eigenvalue weighted by molar-refractivity contribution is -0.274. The predicted molar refractivity (Wildman–Crippen MR) is 104 cm³/mol. The molecule has 160 valence electrons. The predicted octanol–water partition coefficient (Wildman–Crippen LogP) is 2.66. The molecular formula is C21H22F3N3O3. The van der Waals surface area contributed by atoms with Gasteiger partial charge < -0.3 is 15.0 Å². The van der Waals surface area contributed by atoms with Crippen molar-refractivity contribution < 1.29 is 27.5 Å². The van der Waals surface area contributed by atoms with Crippen molar-refractivity contribution in [3.8, 4) is 5.75 Å². The highest BCUT2D eigenvalue weighted by Crippen LogP contribution is 2.23. The molecule has 0 unspecified atom stereocenters. The van der Waals surface area contributed by atoms with Crippen LogP contribution in [0, 0.1) is 0 Å². The Morgan fingerprint density at radius 1 is 0.933 bits per heavy atom. The first-order valence-electron chi connectivity index (χ1n) is 9.48. The second kappa shape index (κ2) is 9.62. The minimum absolute atomic E-state index is 0.0611. The number of rotatable bonds is 6. The topological polar surface area (TPSA) is 61.9 Å². The molecule has 1 fully saturated rings. The van der Waals surface area contributed by atoms with Crippen LogP contribution < -0.4 is 10.1 Å². The first-order chi connectivity index (χ1) is 14.3. The molecule has 9 heteroatoms. The highest BCUT2D eigenvalue weighted by atomic mass is 19.4. The van der Waals surface area contributed by atoms with Crippen LogP contribution in [0.5, 0.6) is 5.75 Å². The van der Waals surface area contributed by atoms with Gasteiger partial charge in [-0.15, -0.1) is 13.2 Å². The van der Waals surface area contributed by atoms with Crippen LogP contribution in [0.3, 0.4) is 0 Å². The Kier molecular flexibility index (Phi) is 6.94. The summed E-state index contributed by atoms with van der Waals surface area (Å²) in [5.74, 6) is -0.688. The number of piperazine rings is 1. The maximum absolute atomic E-state index is 12.3. The molecule has 2 aromatic carbocycles. The highest BCUT2D eigenvalue weighted by molar-refractivity contribution is 5.96. The van der Waals surface area contributed by atoms with E-state index in [9.17, 15) is 22.8 Å². The smallest absolute Gasteiger partial charge is 0.406 e. The third-order valence-corrected chi connectivity index (χ3v) is 4.72. The van der Waals surface area contributed by atoms with Crippen molar-refractivity contribution in [3.63, 3.8) is 0 Å². The normalized spacial score (nSPS) is 15.0. The average molecular weight is 421 g/mol.